The Morgan fingerprint density at radius 1 is 1.36 bits per heavy atom. The smallest absolute Gasteiger partial charge is 0.257 e. The summed E-state index contributed by atoms with van der Waals surface area (Å²) >= 11 is 5.98. The minimum Gasteiger partial charge on any atom is -0.496 e. The molecular weight excluding hydrogens is 302 g/mol. The van der Waals surface area contributed by atoms with Crippen molar-refractivity contribution in [2.24, 2.45) is 0 Å². The number of ether oxygens (including phenoxy) is 2. The molecule has 1 aliphatic rings. The summed E-state index contributed by atoms with van der Waals surface area (Å²) in [6, 6.07) is 5.47. The second-order valence-corrected chi connectivity index (χ2v) is 6.06. The number of piperidine rings is 1. The summed E-state index contributed by atoms with van der Waals surface area (Å²) in [5.41, 5.74) is 0.588. The highest BCUT2D eigenvalue weighted by Crippen LogP contribution is 2.28. The number of methoxy groups -OCH3 is 2. The maximum Gasteiger partial charge on any atom is 0.257 e. The summed E-state index contributed by atoms with van der Waals surface area (Å²) < 4.78 is 10.4. The van der Waals surface area contributed by atoms with Gasteiger partial charge in [0.05, 0.1) is 12.7 Å². The molecule has 5 heteroatoms. The van der Waals surface area contributed by atoms with E-state index in [2.05, 4.69) is 0 Å². The van der Waals surface area contributed by atoms with Gasteiger partial charge < -0.3 is 14.4 Å². The Labute approximate surface area is 137 Å². The van der Waals surface area contributed by atoms with E-state index in [1.165, 1.54) is 6.42 Å². The molecular formula is C17H24ClNO3. The van der Waals surface area contributed by atoms with Crippen LogP contribution in [0.2, 0.25) is 5.02 Å². The lowest BCUT2D eigenvalue weighted by molar-refractivity contribution is 0.0582. The fourth-order valence-electron chi connectivity index (χ4n) is 3.03. The molecule has 1 aromatic carbocycles. The number of carbonyl (C=O) groups is 1. The number of rotatable bonds is 6. The summed E-state index contributed by atoms with van der Waals surface area (Å²) in [7, 11) is 3.27. The zero-order chi connectivity index (χ0) is 15.9. The highest BCUT2D eigenvalue weighted by Gasteiger charge is 2.28. The van der Waals surface area contributed by atoms with E-state index in [1.807, 2.05) is 4.90 Å². The van der Waals surface area contributed by atoms with Crippen LogP contribution in [0.5, 0.6) is 5.75 Å². The molecule has 0 radical (unpaired) electrons. The minimum absolute atomic E-state index is 0.0376. The molecule has 122 valence electrons. The van der Waals surface area contributed by atoms with E-state index in [-0.39, 0.29) is 11.9 Å². The van der Waals surface area contributed by atoms with Crippen LogP contribution in [0.25, 0.3) is 0 Å². The molecule has 0 saturated carbocycles. The Hall–Kier alpha value is -1.26. The zero-order valence-corrected chi connectivity index (χ0v) is 14.1. The quantitative estimate of drug-likeness (QED) is 0.747. The van der Waals surface area contributed by atoms with Crippen LogP contribution in [0.3, 0.4) is 0 Å². The van der Waals surface area contributed by atoms with Crippen LogP contribution in [0, 0.1) is 0 Å². The van der Waals surface area contributed by atoms with Gasteiger partial charge in [-0.1, -0.05) is 11.6 Å². The summed E-state index contributed by atoms with van der Waals surface area (Å²) in [5.74, 6) is 0.578. The first kappa shape index (κ1) is 17.1. The number of carbonyl (C=O) groups excluding carboxylic acids is 1. The molecule has 4 nitrogen and oxygen atoms in total. The second-order valence-electron chi connectivity index (χ2n) is 5.63. The first-order valence-electron chi connectivity index (χ1n) is 7.80. The molecule has 1 saturated heterocycles. The summed E-state index contributed by atoms with van der Waals surface area (Å²) in [5, 5.41) is 0.573. The van der Waals surface area contributed by atoms with Gasteiger partial charge in [0, 0.05) is 31.3 Å². The molecule has 0 N–H and O–H groups in total. The molecule has 1 amide bonds. The average molecular weight is 326 g/mol. The first-order valence-corrected chi connectivity index (χ1v) is 8.18. The lowest BCUT2D eigenvalue weighted by Gasteiger charge is -2.36. The predicted molar refractivity (Wildman–Crippen MR) is 87.8 cm³/mol. The van der Waals surface area contributed by atoms with Crippen LogP contribution < -0.4 is 4.74 Å². The number of hydrogen-bond acceptors (Lipinski definition) is 3. The molecule has 0 aliphatic carbocycles. The molecule has 0 unspecified atom stereocenters. The zero-order valence-electron chi connectivity index (χ0n) is 13.3. The Morgan fingerprint density at radius 2 is 2.18 bits per heavy atom. The average Bonchev–Trinajstić information content (AvgIpc) is 2.55. The highest BCUT2D eigenvalue weighted by molar-refractivity contribution is 6.30. The number of benzene rings is 1. The normalized spacial score (nSPS) is 18.3. The summed E-state index contributed by atoms with van der Waals surface area (Å²) in [6.07, 6.45) is 5.26. The molecule has 0 bridgehead atoms. The van der Waals surface area contributed by atoms with Crippen molar-refractivity contribution < 1.29 is 14.3 Å². The molecule has 0 spiro atoms. The van der Waals surface area contributed by atoms with Crippen molar-refractivity contribution in [3.63, 3.8) is 0 Å². The van der Waals surface area contributed by atoms with E-state index in [0.29, 0.717) is 16.3 Å². The van der Waals surface area contributed by atoms with Gasteiger partial charge in [-0.05, 0) is 50.3 Å². The Kier molecular flexibility index (Phi) is 6.52. The van der Waals surface area contributed by atoms with E-state index in [0.717, 1.165) is 38.8 Å². The van der Waals surface area contributed by atoms with Crippen LogP contribution >= 0.6 is 11.6 Å². The number of likely N-dealkylation sites (tertiary alicyclic amines) is 1. The van der Waals surface area contributed by atoms with Crippen molar-refractivity contribution in [1.29, 1.82) is 0 Å². The predicted octanol–water partition coefficient (Wildman–Crippen LogP) is 3.77. The highest BCUT2D eigenvalue weighted by atomic mass is 35.5. The van der Waals surface area contributed by atoms with Gasteiger partial charge in [0.15, 0.2) is 0 Å². The lowest BCUT2D eigenvalue weighted by atomic mass is 9.97. The SMILES string of the molecule is COCCC[C@H]1CCCCN1C(=O)c1ccc(Cl)cc1OC. The van der Waals surface area contributed by atoms with Crippen LogP contribution in [0.15, 0.2) is 18.2 Å². The van der Waals surface area contributed by atoms with Gasteiger partial charge in [0.25, 0.3) is 5.91 Å². The molecule has 1 aromatic rings. The third-order valence-corrected chi connectivity index (χ3v) is 4.40. The topological polar surface area (TPSA) is 38.8 Å². The van der Waals surface area contributed by atoms with E-state index in [9.17, 15) is 4.79 Å². The molecule has 0 aromatic heterocycles. The van der Waals surface area contributed by atoms with Crippen LogP contribution in [-0.2, 0) is 4.74 Å². The maximum absolute atomic E-state index is 12.9. The summed E-state index contributed by atoms with van der Waals surface area (Å²) in [6.45, 7) is 1.55. The largest absolute Gasteiger partial charge is 0.496 e. The van der Waals surface area contributed by atoms with Gasteiger partial charge in [-0.3, -0.25) is 4.79 Å². The van der Waals surface area contributed by atoms with Crippen LogP contribution in [0.1, 0.15) is 42.5 Å². The minimum atomic E-state index is 0.0376. The third kappa shape index (κ3) is 4.14. The number of hydrogen-bond donors (Lipinski definition) is 0. The van der Waals surface area contributed by atoms with Crippen LogP contribution in [-0.4, -0.2) is 44.2 Å². The van der Waals surface area contributed by atoms with E-state index >= 15 is 0 Å². The molecule has 1 aliphatic heterocycles. The van der Waals surface area contributed by atoms with Crippen molar-refractivity contribution >= 4 is 17.5 Å². The monoisotopic (exact) mass is 325 g/mol. The van der Waals surface area contributed by atoms with Crippen molar-refractivity contribution in [1.82, 2.24) is 4.90 Å². The third-order valence-electron chi connectivity index (χ3n) is 4.17. The van der Waals surface area contributed by atoms with Crippen molar-refractivity contribution in [2.45, 2.75) is 38.1 Å². The van der Waals surface area contributed by atoms with Gasteiger partial charge in [0.2, 0.25) is 0 Å². The number of nitrogens with zero attached hydrogens (tertiary/aromatic N) is 1. The van der Waals surface area contributed by atoms with E-state index in [4.69, 9.17) is 21.1 Å². The Morgan fingerprint density at radius 3 is 2.91 bits per heavy atom. The van der Waals surface area contributed by atoms with E-state index < -0.39 is 0 Å². The van der Waals surface area contributed by atoms with Gasteiger partial charge in [0.1, 0.15) is 5.75 Å². The fourth-order valence-corrected chi connectivity index (χ4v) is 3.19. The van der Waals surface area contributed by atoms with Gasteiger partial charge in [-0.25, -0.2) is 0 Å². The van der Waals surface area contributed by atoms with E-state index in [1.54, 1.807) is 32.4 Å². The Bertz CT molecular complexity index is 507. The lowest BCUT2D eigenvalue weighted by Crippen LogP contribution is -2.44. The summed E-state index contributed by atoms with van der Waals surface area (Å²) in [4.78, 5) is 14.9. The van der Waals surface area contributed by atoms with Gasteiger partial charge in [-0.2, -0.15) is 0 Å². The first-order chi connectivity index (χ1) is 10.7. The van der Waals surface area contributed by atoms with Crippen LogP contribution in [0.4, 0.5) is 0 Å². The fraction of sp³-hybridized carbons (Fsp3) is 0.588. The van der Waals surface area contributed by atoms with Crippen molar-refractivity contribution in [2.75, 3.05) is 27.4 Å². The molecule has 1 atom stereocenters. The Balaban J connectivity index is 2.14. The number of amides is 1. The number of halogens is 1. The van der Waals surface area contributed by atoms with Crippen molar-refractivity contribution in [3.8, 4) is 5.75 Å². The molecule has 1 heterocycles. The molecule has 22 heavy (non-hydrogen) atoms. The standard InChI is InChI=1S/C17H24ClNO3/c1-21-11-5-7-14-6-3-4-10-19(14)17(20)15-9-8-13(18)12-16(15)22-2/h8-9,12,14H,3-7,10-11H2,1-2H3/t14-/m1/s1. The van der Waals surface area contributed by atoms with Crippen molar-refractivity contribution in [3.05, 3.63) is 28.8 Å². The molecule has 2 rings (SSSR count). The maximum atomic E-state index is 12.9. The second kappa shape index (κ2) is 8.39. The van der Waals surface area contributed by atoms with Gasteiger partial charge >= 0.3 is 0 Å². The molecule has 1 fully saturated rings. The van der Waals surface area contributed by atoms with Gasteiger partial charge in [-0.15, -0.1) is 0 Å².